The molecule has 1 atom stereocenters. The number of benzene rings is 1. The van der Waals surface area contributed by atoms with Crippen LogP contribution in [0.5, 0.6) is 0 Å². The summed E-state index contributed by atoms with van der Waals surface area (Å²) in [5.74, 6) is -0.303. The van der Waals surface area contributed by atoms with Crippen LogP contribution in [0.15, 0.2) is 24.3 Å². The van der Waals surface area contributed by atoms with E-state index in [0.29, 0.717) is 6.42 Å². The molecule has 0 radical (unpaired) electrons. The van der Waals surface area contributed by atoms with Gasteiger partial charge < -0.3 is 0 Å². The lowest BCUT2D eigenvalue weighted by atomic mass is 9.99. The normalized spacial score (nSPS) is 13.8. The summed E-state index contributed by atoms with van der Waals surface area (Å²) < 4.78 is 34.1. The second-order valence-electron chi connectivity index (χ2n) is 3.48. The molecule has 0 bridgehead atoms. The zero-order valence-electron chi connectivity index (χ0n) is 8.28. The predicted molar refractivity (Wildman–Crippen MR) is 59.1 cm³/mol. The van der Waals surface area contributed by atoms with Crippen LogP contribution in [-0.4, -0.2) is 14.2 Å². The smallest absolute Gasteiger partial charge is 0.212 e. The quantitative estimate of drug-likeness (QED) is 0.770. The second-order valence-corrected chi connectivity index (χ2v) is 6.38. The molecule has 5 heteroatoms. The van der Waals surface area contributed by atoms with E-state index in [1.165, 1.54) is 12.1 Å². The fraction of sp³-hybridized carbons (Fsp3) is 0.400. The average molecular weight is 251 g/mol. The molecule has 0 aliphatic heterocycles. The van der Waals surface area contributed by atoms with Crippen LogP contribution in [0, 0.1) is 5.82 Å². The Morgan fingerprint density at radius 3 is 2.33 bits per heavy atom. The van der Waals surface area contributed by atoms with Crippen LogP contribution < -0.4 is 0 Å². The van der Waals surface area contributed by atoms with Crippen molar-refractivity contribution in [2.24, 2.45) is 0 Å². The summed E-state index contributed by atoms with van der Waals surface area (Å²) in [4.78, 5) is 0. The Morgan fingerprint density at radius 1 is 1.33 bits per heavy atom. The second kappa shape index (κ2) is 4.94. The number of hydrogen-bond donors (Lipinski definition) is 0. The highest BCUT2D eigenvalue weighted by Crippen LogP contribution is 2.20. The molecule has 0 N–H and O–H groups in total. The van der Waals surface area contributed by atoms with E-state index in [2.05, 4.69) is 0 Å². The zero-order valence-corrected chi connectivity index (χ0v) is 9.85. The van der Waals surface area contributed by atoms with Crippen LogP contribution in [0.1, 0.15) is 24.8 Å². The molecular formula is C10H12ClFO2S. The Kier molecular flexibility index (Phi) is 4.11. The van der Waals surface area contributed by atoms with E-state index in [4.69, 9.17) is 10.7 Å². The highest BCUT2D eigenvalue weighted by Gasteiger charge is 2.11. The molecule has 0 heterocycles. The molecule has 0 saturated carbocycles. The van der Waals surface area contributed by atoms with E-state index in [1.807, 2.05) is 6.92 Å². The molecule has 1 aromatic carbocycles. The molecule has 0 fully saturated rings. The van der Waals surface area contributed by atoms with Gasteiger partial charge in [-0.25, -0.2) is 12.8 Å². The number of halogens is 2. The van der Waals surface area contributed by atoms with Gasteiger partial charge in [0.05, 0.1) is 5.75 Å². The van der Waals surface area contributed by atoms with Gasteiger partial charge in [0.1, 0.15) is 5.82 Å². The van der Waals surface area contributed by atoms with E-state index in [9.17, 15) is 12.8 Å². The van der Waals surface area contributed by atoms with E-state index >= 15 is 0 Å². The van der Waals surface area contributed by atoms with Crippen molar-refractivity contribution in [3.8, 4) is 0 Å². The third-order valence-electron chi connectivity index (χ3n) is 2.23. The molecule has 0 amide bonds. The molecule has 2 nitrogen and oxygen atoms in total. The Labute approximate surface area is 93.5 Å². The first-order valence-corrected chi connectivity index (χ1v) is 7.04. The van der Waals surface area contributed by atoms with Crippen molar-refractivity contribution in [3.05, 3.63) is 35.6 Å². The molecule has 0 saturated heterocycles. The Morgan fingerprint density at radius 2 is 1.87 bits per heavy atom. The molecule has 0 aliphatic carbocycles. The van der Waals surface area contributed by atoms with Crippen molar-refractivity contribution in [2.45, 2.75) is 19.3 Å². The van der Waals surface area contributed by atoms with Crippen molar-refractivity contribution in [3.63, 3.8) is 0 Å². The SMILES string of the molecule is CC(CCS(=O)(=O)Cl)c1ccc(F)cc1. The van der Waals surface area contributed by atoms with Crippen LogP contribution in [0.4, 0.5) is 4.39 Å². The Balaban J connectivity index is 2.61. The van der Waals surface area contributed by atoms with E-state index in [0.717, 1.165) is 5.56 Å². The van der Waals surface area contributed by atoms with Crippen LogP contribution in [0.3, 0.4) is 0 Å². The standard InChI is InChI=1S/C10H12ClFO2S/c1-8(6-7-15(11,13)14)9-2-4-10(12)5-3-9/h2-5,8H,6-7H2,1H3. The number of hydrogen-bond acceptors (Lipinski definition) is 2. The minimum absolute atomic E-state index is 0.0547. The van der Waals surface area contributed by atoms with Gasteiger partial charge in [-0.2, -0.15) is 0 Å². The van der Waals surface area contributed by atoms with Crippen molar-refractivity contribution in [1.29, 1.82) is 0 Å². The van der Waals surface area contributed by atoms with Gasteiger partial charge in [0.15, 0.2) is 0 Å². The van der Waals surface area contributed by atoms with Gasteiger partial charge in [0.2, 0.25) is 9.05 Å². The maximum absolute atomic E-state index is 12.6. The minimum Gasteiger partial charge on any atom is -0.212 e. The zero-order chi connectivity index (χ0) is 11.5. The molecule has 15 heavy (non-hydrogen) atoms. The summed E-state index contributed by atoms with van der Waals surface area (Å²) in [6, 6.07) is 6.03. The Bertz CT molecular complexity index is 414. The van der Waals surface area contributed by atoms with E-state index < -0.39 is 9.05 Å². The largest absolute Gasteiger partial charge is 0.232 e. The summed E-state index contributed by atoms with van der Waals surface area (Å²) in [6.45, 7) is 1.88. The van der Waals surface area contributed by atoms with Gasteiger partial charge in [0.25, 0.3) is 0 Å². The highest BCUT2D eigenvalue weighted by molar-refractivity contribution is 8.13. The van der Waals surface area contributed by atoms with Crippen molar-refractivity contribution < 1.29 is 12.8 Å². The molecule has 1 rings (SSSR count). The molecule has 84 valence electrons. The average Bonchev–Trinajstić information content (AvgIpc) is 2.14. The van der Waals surface area contributed by atoms with Gasteiger partial charge in [-0.1, -0.05) is 19.1 Å². The summed E-state index contributed by atoms with van der Waals surface area (Å²) in [5, 5.41) is 0. The molecule has 0 aromatic heterocycles. The van der Waals surface area contributed by atoms with Crippen LogP contribution in [0.25, 0.3) is 0 Å². The maximum Gasteiger partial charge on any atom is 0.232 e. The first kappa shape index (κ1) is 12.5. The molecular weight excluding hydrogens is 239 g/mol. The van der Waals surface area contributed by atoms with Crippen LogP contribution >= 0.6 is 10.7 Å². The fourth-order valence-electron chi connectivity index (χ4n) is 1.28. The van der Waals surface area contributed by atoms with Crippen molar-refractivity contribution in [2.75, 3.05) is 5.75 Å². The third kappa shape index (κ3) is 4.62. The van der Waals surface area contributed by atoms with Crippen molar-refractivity contribution in [1.82, 2.24) is 0 Å². The predicted octanol–water partition coefficient (Wildman–Crippen LogP) is 2.89. The monoisotopic (exact) mass is 250 g/mol. The lowest BCUT2D eigenvalue weighted by molar-refractivity contribution is 0.601. The van der Waals surface area contributed by atoms with Crippen LogP contribution in [0.2, 0.25) is 0 Å². The first-order chi connectivity index (χ1) is 6.88. The third-order valence-corrected chi connectivity index (χ3v) is 3.42. The van der Waals surface area contributed by atoms with E-state index in [-0.39, 0.29) is 17.5 Å². The van der Waals surface area contributed by atoms with Gasteiger partial charge in [0, 0.05) is 10.7 Å². The highest BCUT2D eigenvalue weighted by atomic mass is 35.7. The minimum atomic E-state index is -3.44. The lowest BCUT2D eigenvalue weighted by Gasteiger charge is -2.10. The summed E-state index contributed by atoms with van der Waals surface area (Å²) in [7, 11) is 1.66. The van der Waals surface area contributed by atoms with E-state index in [1.54, 1.807) is 12.1 Å². The summed E-state index contributed by atoms with van der Waals surface area (Å²) in [5.41, 5.74) is 0.914. The summed E-state index contributed by atoms with van der Waals surface area (Å²) in [6.07, 6.45) is 0.442. The molecule has 0 spiro atoms. The fourth-order valence-corrected chi connectivity index (χ4v) is 2.18. The van der Waals surface area contributed by atoms with Gasteiger partial charge in [-0.05, 0) is 30.0 Å². The lowest BCUT2D eigenvalue weighted by Crippen LogP contribution is -2.03. The maximum atomic E-state index is 12.6. The summed E-state index contributed by atoms with van der Waals surface area (Å²) >= 11 is 0. The van der Waals surface area contributed by atoms with Gasteiger partial charge in [-0.3, -0.25) is 0 Å². The first-order valence-electron chi connectivity index (χ1n) is 4.56. The molecule has 0 aliphatic rings. The van der Waals surface area contributed by atoms with Crippen LogP contribution in [-0.2, 0) is 9.05 Å². The van der Waals surface area contributed by atoms with Crippen molar-refractivity contribution >= 4 is 19.7 Å². The topological polar surface area (TPSA) is 34.1 Å². The van der Waals surface area contributed by atoms with Gasteiger partial charge >= 0.3 is 0 Å². The number of rotatable bonds is 4. The molecule has 1 aromatic rings. The van der Waals surface area contributed by atoms with Gasteiger partial charge in [-0.15, -0.1) is 0 Å². The Hall–Kier alpha value is -0.610. The molecule has 1 unspecified atom stereocenters.